The van der Waals surface area contributed by atoms with Crippen LogP contribution in [0.25, 0.3) is 0 Å². The molecule has 1 amide bonds. The van der Waals surface area contributed by atoms with Crippen LogP contribution in [-0.2, 0) is 25.3 Å². The fraction of sp³-hybridized carbons (Fsp3) is 0.625. The fourth-order valence-electron chi connectivity index (χ4n) is 2.77. The fourth-order valence-corrected chi connectivity index (χ4v) is 2.91. The van der Waals surface area contributed by atoms with Gasteiger partial charge in [-0.1, -0.05) is 31.9 Å². The molecule has 0 aromatic carbocycles. The number of esters is 1. The maximum Gasteiger partial charge on any atom is 0.327 e. The zero-order valence-corrected chi connectivity index (χ0v) is 14.7. The second-order valence-corrected chi connectivity index (χ2v) is 6.60. The Labute approximate surface area is 141 Å². The Morgan fingerprint density at radius 1 is 1.35 bits per heavy atom. The van der Waals surface area contributed by atoms with E-state index in [1.807, 2.05) is 20.8 Å². The molecule has 1 aliphatic heterocycles. The third-order valence-corrected chi connectivity index (χ3v) is 4.34. The summed E-state index contributed by atoms with van der Waals surface area (Å²) in [4.78, 5) is 34.1. The molecule has 0 spiro atoms. The zero-order valence-electron chi connectivity index (χ0n) is 13.9. The van der Waals surface area contributed by atoms with Gasteiger partial charge in [0.05, 0.1) is 29.7 Å². The van der Waals surface area contributed by atoms with Crippen molar-refractivity contribution in [3.8, 4) is 0 Å². The Balaban J connectivity index is 2.56. The predicted molar refractivity (Wildman–Crippen MR) is 86.0 cm³/mol. The summed E-state index contributed by atoms with van der Waals surface area (Å²) in [5, 5.41) is 3.01. The number of carbonyl (C=O) groups excluding carboxylic acids is 2. The smallest absolute Gasteiger partial charge is 0.327 e. The Kier molecular flexibility index (Phi) is 4.94. The number of aromatic nitrogens is 2. The van der Waals surface area contributed by atoms with Gasteiger partial charge < -0.3 is 10.1 Å². The number of nitrogens with one attached hydrogen (secondary N) is 1. The number of halogens is 1. The molecule has 1 aliphatic rings. The van der Waals surface area contributed by atoms with Gasteiger partial charge in [-0.3, -0.25) is 14.6 Å². The highest BCUT2D eigenvalue weighted by Gasteiger charge is 2.56. The lowest BCUT2D eigenvalue weighted by Crippen LogP contribution is -2.61. The van der Waals surface area contributed by atoms with Crippen molar-refractivity contribution < 1.29 is 14.3 Å². The first kappa shape index (κ1) is 17.7. The quantitative estimate of drug-likeness (QED) is 0.506. The van der Waals surface area contributed by atoms with Crippen molar-refractivity contribution >= 4 is 23.5 Å². The normalized spacial score (nSPS) is 22.2. The van der Waals surface area contributed by atoms with Crippen molar-refractivity contribution in [3.05, 3.63) is 22.7 Å². The molecule has 0 bridgehead atoms. The van der Waals surface area contributed by atoms with E-state index in [2.05, 4.69) is 15.3 Å². The number of carbonyl (C=O) groups is 2. The Morgan fingerprint density at radius 2 is 2.04 bits per heavy atom. The summed E-state index contributed by atoms with van der Waals surface area (Å²) in [6.45, 7) is 7.66. The van der Waals surface area contributed by atoms with E-state index in [0.717, 1.165) is 12.8 Å². The highest BCUT2D eigenvalue weighted by molar-refractivity contribution is 6.29. The van der Waals surface area contributed by atoms with Crippen LogP contribution in [0.4, 0.5) is 0 Å². The first-order valence-corrected chi connectivity index (χ1v) is 8.20. The van der Waals surface area contributed by atoms with Gasteiger partial charge in [0.15, 0.2) is 5.41 Å². The van der Waals surface area contributed by atoms with Crippen LogP contribution in [0.5, 0.6) is 0 Å². The molecule has 0 saturated carbocycles. The second kappa shape index (κ2) is 6.43. The number of unbranched alkanes of at least 4 members (excludes halogenated alkanes) is 1. The third-order valence-electron chi connectivity index (χ3n) is 4.16. The topological polar surface area (TPSA) is 81.2 Å². The van der Waals surface area contributed by atoms with E-state index < -0.39 is 22.8 Å². The summed E-state index contributed by atoms with van der Waals surface area (Å²) < 4.78 is 5.34. The van der Waals surface area contributed by atoms with Gasteiger partial charge in [-0.2, -0.15) is 0 Å². The summed E-state index contributed by atoms with van der Waals surface area (Å²) in [5.41, 5.74) is -1.40. The molecule has 23 heavy (non-hydrogen) atoms. The van der Waals surface area contributed by atoms with Crippen molar-refractivity contribution in [2.75, 3.05) is 6.61 Å². The molecule has 0 radical (unpaired) electrons. The molecule has 1 unspecified atom stereocenters. The van der Waals surface area contributed by atoms with Gasteiger partial charge in [0.2, 0.25) is 5.91 Å². The number of amides is 1. The standard InChI is InChI=1S/C16H22ClN3O3/c1-5-7-8-23-14(22)16(6-2)12-11(18-9-10(17)19-12)15(3,4)20-13(16)21/h9H,5-8H2,1-4H3,(H,20,21). The third kappa shape index (κ3) is 2.92. The van der Waals surface area contributed by atoms with E-state index in [-0.39, 0.29) is 18.2 Å². The van der Waals surface area contributed by atoms with Gasteiger partial charge in [-0.15, -0.1) is 0 Å². The number of nitrogens with zero attached hydrogens (tertiary/aromatic N) is 2. The lowest BCUT2D eigenvalue weighted by Gasteiger charge is -2.41. The number of fused-ring (bicyclic) bond motifs is 1. The van der Waals surface area contributed by atoms with Crippen LogP contribution >= 0.6 is 11.6 Å². The number of hydrogen-bond acceptors (Lipinski definition) is 5. The molecule has 7 heteroatoms. The van der Waals surface area contributed by atoms with Crippen molar-refractivity contribution in [2.24, 2.45) is 0 Å². The van der Waals surface area contributed by atoms with Gasteiger partial charge in [-0.25, -0.2) is 4.98 Å². The Hall–Kier alpha value is -1.69. The van der Waals surface area contributed by atoms with Gasteiger partial charge in [0, 0.05) is 0 Å². The van der Waals surface area contributed by atoms with E-state index in [1.54, 1.807) is 6.92 Å². The minimum atomic E-state index is -1.50. The average molecular weight is 340 g/mol. The molecule has 0 saturated heterocycles. The van der Waals surface area contributed by atoms with Crippen molar-refractivity contribution in [3.63, 3.8) is 0 Å². The molecule has 2 heterocycles. The minimum absolute atomic E-state index is 0.147. The van der Waals surface area contributed by atoms with E-state index in [1.165, 1.54) is 6.20 Å². The zero-order chi connectivity index (χ0) is 17.3. The Morgan fingerprint density at radius 3 is 2.65 bits per heavy atom. The maximum absolute atomic E-state index is 12.8. The number of rotatable bonds is 5. The molecule has 6 nitrogen and oxygen atoms in total. The van der Waals surface area contributed by atoms with Gasteiger partial charge in [-0.05, 0) is 26.7 Å². The van der Waals surface area contributed by atoms with Crippen LogP contribution in [0.1, 0.15) is 58.3 Å². The van der Waals surface area contributed by atoms with Crippen molar-refractivity contribution in [2.45, 2.75) is 57.9 Å². The van der Waals surface area contributed by atoms with Crippen LogP contribution in [0.2, 0.25) is 5.15 Å². The summed E-state index contributed by atoms with van der Waals surface area (Å²) in [6, 6.07) is 0. The summed E-state index contributed by atoms with van der Waals surface area (Å²) >= 11 is 5.98. The van der Waals surface area contributed by atoms with Crippen molar-refractivity contribution in [1.82, 2.24) is 15.3 Å². The van der Waals surface area contributed by atoms with Crippen LogP contribution in [0.3, 0.4) is 0 Å². The average Bonchev–Trinajstić information content (AvgIpc) is 2.47. The van der Waals surface area contributed by atoms with Crippen LogP contribution in [-0.4, -0.2) is 28.5 Å². The minimum Gasteiger partial charge on any atom is -0.465 e. The monoisotopic (exact) mass is 339 g/mol. The molecule has 0 aliphatic carbocycles. The summed E-state index contributed by atoms with van der Waals surface area (Å²) in [6.07, 6.45) is 3.28. The molecule has 0 fully saturated rings. The first-order valence-electron chi connectivity index (χ1n) is 7.83. The molecular formula is C16H22ClN3O3. The lowest BCUT2D eigenvalue weighted by molar-refractivity contribution is -0.157. The largest absolute Gasteiger partial charge is 0.465 e. The maximum atomic E-state index is 12.8. The number of ether oxygens (including phenoxy) is 1. The Bertz CT molecular complexity index is 633. The summed E-state index contributed by atoms with van der Waals surface area (Å²) in [7, 11) is 0. The van der Waals surface area contributed by atoms with E-state index in [0.29, 0.717) is 11.4 Å². The molecule has 2 rings (SSSR count). The highest BCUT2D eigenvalue weighted by Crippen LogP contribution is 2.39. The van der Waals surface area contributed by atoms with Crippen molar-refractivity contribution in [1.29, 1.82) is 0 Å². The lowest BCUT2D eigenvalue weighted by atomic mass is 9.73. The van der Waals surface area contributed by atoms with Crippen LogP contribution in [0, 0.1) is 0 Å². The molecule has 1 aromatic rings. The molecule has 1 N–H and O–H groups in total. The molecule has 1 atom stereocenters. The van der Waals surface area contributed by atoms with Crippen LogP contribution < -0.4 is 5.32 Å². The second-order valence-electron chi connectivity index (χ2n) is 6.22. The van der Waals surface area contributed by atoms with E-state index >= 15 is 0 Å². The van der Waals surface area contributed by atoms with Gasteiger partial charge in [0.1, 0.15) is 5.15 Å². The SMILES string of the molecule is CCCCOC(=O)C1(CC)C(=O)NC(C)(C)c2ncc(Cl)nc21. The van der Waals surface area contributed by atoms with E-state index in [4.69, 9.17) is 16.3 Å². The molecular weight excluding hydrogens is 318 g/mol. The molecule has 1 aromatic heterocycles. The van der Waals surface area contributed by atoms with Gasteiger partial charge >= 0.3 is 5.97 Å². The van der Waals surface area contributed by atoms with Gasteiger partial charge in [0.25, 0.3) is 0 Å². The predicted octanol–water partition coefficient (Wildman–Crippen LogP) is 2.49. The molecule has 126 valence electrons. The summed E-state index contributed by atoms with van der Waals surface area (Å²) in [5.74, 6) is -1.02. The van der Waals surface area contributed by atoms with Crippen LogP contribution in [0.15, 0.2) is 6.20 Å². The number of hydrogen-bond donors (Lipinski definition) is 1. The first-order chi connectivity index (χ1) is 10.8. The van der Waals surface area contributed by atoms with E-state index in [9.17, 15) is 9.59 Å². The highest BCUT2D eigenvalue weighted by atomic mass is 35.5.